The van der Waals surface area contributed by atoms with Crippen LogP contribution in [0.5, 0.6) is 0 Å². The molecule has 92 heavy (non-hydrogen) atoms. The summed E-state index contributed by atoms with van der Waals surface area (Å²) in [6.45, 7) is 15.4. The molecule has 0 aliphatic rings. The monoisotopic (exact) mass is 1310 g/mol. The van der Waals surface area contributed by atoms with Gasteiger partial charge in [0.1, 0.15) is 60.4 Å². The molecular formula is C58H106N18O16. The van der Waals surface area contributed by atoms with E-state index in [9.17, 15) is 77.3 Å². The molecule has 0 spiro atoms. The summed E-state index contributed by atoms with van der Waals surface area (Å²) < 4.78 is 0. The fraction of sp³-hybridized carbons (Fsp3) is 0.741. The molecule has 0 aromatic rings. The summed E-state index contributed by atoms with van der Waals surface area (Å²) >= 11 is 0. The number of rotatable bonds is 48. The van der Waals surface area contributed by atoms with Gasteiger partial charge in [-0.05, 0) is 114 Å². The Morgan fingerprint density at radius 1 is 0.413 bits per heavy atom. The summed E-state index contributed by atoms with van der Waals surface area (Å²) in [6.07, 6.45) is -0.663. The lowest BCUT2D eigenvalue weighted by Gasteiger charge is -2.30. The van der Waals surface area contributed by atoms with Crippen LogP contribution in [-0.4, -0.2) is 185 Å². The van der Waals surface area contributed by atoms with Gasteiger partial charge in [-0.1, -0.05) is 68.2 Å². The van der Waals surface area contributed by atoms with Crippen molar-refractivity contribution in [2.45, 2.75) is 232 Å². The molecule has 12 amide bonds. The van der Waals surface area contributed by atoms with E-state index < -0.39 is 193 Å². The standard InChI is InChI=1S/C58H106N18O16/c1-10-32(8)46(57(92)74-40(27-30(4)5)54(89)68-35(47(63)82)18-15-25-66-58(64)65)76-52(87)38(20-22-44(80)81)70-50(85)36(17-12-14-24-60)71-56(91)45(31(6)7)75-55(90)41(28-42(62)77)73-51(86)37(19-21-43(78)79)69-48(83)33(9)67-53(88)39(26-29(2)3)72-49(84)34(61)16-11-13-23-59/h29-41,45-46H,10-28,59-61H2,1-9H3,(H2,62,77)(H2,63,82)(H,67,88)(H,68,89)(H,69,83)(H,70,85)(H,71,91)(H,72,84)(H,73,86)(H,74,92)(H,75,90)(H,76,87)(H,78,79)(H,80,81)(H4,64,65,66)/t32-,33-,34-,35-,36-,37-,38-,39-,40-,41-,45-,46-/m0/s1. The largest absolute Gasteiger partial charge is 0.481 e. The molecule has 0 heterocycles. The van der Waals surface area contributed by atoms with Crippen LogP contribution < -0.4 is 93.3 Å². The first-order valence-electron chi connectivity index (χ1n) is 31.3. The van der Waals surface area contributed by atoms with Crippen LogP contribution in [0.4, 0.5) is 0 Å². The lowest BCUT2D eigenvalue weighted by Crippen LogP contribution is -2.62. The topological polar surface area (TPSA) is 594 Å². The lowest BCUT2D eigenvalue weighted by atomic mass is 9.96. The number of unbranched alkanes of at least 4 members (excludes halogenated alkanes) is 2. The summed E-state index contributed by atoms with van der Waals surface area (Å²) in [6, 6.07) is -15.6. The van der Waals surface area contributed by atoms with E-state index in [1.165, 1.54) is 20.8 Å². The number of aliphatic carboxylic acids is 2. The molecule has 0 saturated carbocycles. The van der Waals surface area contributed by atoms with Gasteiger partial charge in [-0.3, -0.25) is 72.1 Å². The van der Waals surface area contributed by atoms with Crippen molar-refractivity contribution < 1.29 is 77.3 Å². The summed E-state index contributed by atoms with van der Waals surface area (Å²) in [4.78, 5) is 191. The number of nitrogens with one attached hydrogen (secondary N) is 10. The van der Waals surface area contributed by atoms with E-state index in [-0.39, 0.29) is 75.8 Å². The number of carbonyl (C=O) groups excluding carboxylic acids is 12. The van der Waals surface area contributed by atoms with Gasteiger partial charge in [-0.15, -0.1) is 0 Å². The first kappa shape index (κ1) is 83.7. The Balaban J connectivity index is 6.85. The molecule has 0 saturated heterocycles. The van der Waals surface area contributed by atoms with Crippen molar-refractivity contribution in [3.8, 4) is 0 Å². The molecule has 0 aromatic heterocycles. The van der Waals surface area contributed by atoms with Crippen molar-refractivity contribution in [3.05, 3.63) is 0 Å². The van der Waals surface area contributed by atoms with Gasteiger partial charge in [-0.2, -0.15) is 0 Å². The van der Waals surface area contributed by atoms with Gasteiger partial charge in [-0.25, -0.2) is 0 Å². The van der Waals surface area contributed by atoms with Crippen LogP contribution in [0, 0.1) is 23.7 Å². The number of amides is 12. The molecule has 34 heteroatoms. The van der Waals surface area contributed by atoms with Gasteiger partial charge < -0.3 is 104 Å². The predicted molar refractivity (Wildman–Crippen MR) is 339 cm³/mol. The Morgan fingerprint density at radius 3 is 1.25 bits per heavy atom. The summed E-state index contributed by atoms with van der Waals surface area (Å²) in [7, 11) is 0. The zero-order valence-electron chi connectivity index (χ0n) is 54.7. The summed E-state index contributed by atoms with van der Waals surface area (Å²) in [5, 5.41) is 44.2. The Hall–Kier alpha value is -8.27. The van der Waals surface area contributed by atoms with E-state index in [0.717, 1.165) is 0 Å². The highest BCUT2D eigenvalue weighted by Gasteiger charge is 2.38. The first-order valence-corrected chi connectivity index (χ1v) is 31.3. The molecule has 12 atom stereocenters. The van der Waals surface area contributed by atoms with Crippen LogP contribution >= 0.6 is 0 Å². The first-order chi connectivity index (χ1) is 43.0. The SMILES string of the molecule is CC[C@H](C)[C@H](NC(=O)[C@H](CCC(=O)O)NC(=O)[C@H](CCCCN)NC(=O)[C@@H](NC(=O)[C@H](CC(N)=O)NC(=O)[C@H](CCC(=O)O)NC(=O)[C@H](C)NC(=O)[C@H](CC(C)C)NC(=O)[C@@H](N)CCCCN)C(C)C)C(=O)N[C@@H](CC(C)C)C(=O)N[C@@H](CCCN=C(N)N)C(N)=O. The highest BCUT2D eigenvalue weighted by atomic mass is 16.4. The Bertz CT molecular complexity index is 2500. The van der Waals surface area contributed by atoms with Crippen LogP contribution in [-0.2, 0) is 67.1 Å². The van der Waals surface area contributed by atoms with Crippen molar-refractivity contribution in [2.75, 3.05) is 19.6 Å². The second kappa shape index (κ2) is 44.3. The van der Waals surface area contributed by atoms with Crippen molar-refractivity contribution in [1.29, 1.82) is 0 Å². The van der Waals surface area contributed by atoms with E-state index in [4.69, 9.17) is 40.1 Å². The number of nitrogens with zero attached hydrogens (tertiary/aromatic N) is 1. The molecule has 0 fully saturated rings. The molecule has 0 radical (unpaired) electrons. The quantitative estimate of drug-likeness (QED) is 0.0155. The number of nitrogens with two attached hydrogens (primary N) is 7. The Morgan fingerprint density at radius 2 is 0.793 bits per heavy atom. The van der Waals surface area contributed by atoms with Crippen LogP contribution in [0.2, 0.25) is 0 Å². The average molecular weight is 1310 g/mol. The van der Waals surface area contributed by atoms with E-state index in [2.05, 4.69) is 58.2 Å². The van der Waals surface area contributed by atoms with E-state index in [1.807, 2.05) is 0 Å². The second-order valence-corrected chi connectivity index (χ2v) is 24.1. The molecule has 34 nitrogen and oxygen atoms in total. The maximum atomic E-state index is 14.3. The van der Waals surface area contributed by atoms with Crippen molar-refractivity contribution in [3.63, 3.8) is 0 Å². The summed E-state index contributed by atoms with van der Waals surface area (Å²) in [5.41, 5.74) is 39.2. The van der Waals surface area contributed by atoms with Gasteiger partial charge in [0.05, 0.1) is 12.5 Å². The second-order valence-electron chi connectivity index (χ2n) is 24.1. The third-order valence-corrected chi connectivity index (χ3v) is 14.6. The van der Waals surface area contributed by atoms with Crippen LogP contribution in [0.1, 0.15) is 165 Å². The third-order valence-electron chi connectivity index (χ3n) is 14.6. The number of carbonyl (C=O) groups is 14. The highest BCUT2D eigenvalue weighted by Crippen LogP contribution is 2.15. The van der Waals surface area contributed by atoms with Gasteiger partial charge in [0.15, 0.2) is 5.96 Å². The molecule has 0 aliphatic heterocycles. The zero-order valence-corrected chi connectivity index (χ0v) is 54.7. The maximum Gasteiger partial charge on any atom is 0.303 e. The van der Waals surface area contributed by atoms with Gasteiger partial charge in [0, 0.05) is 19.4 Å². The van der Waals surface area contributed by atoms with E-state index >= 15 is 0 Å². The van der Waals surface area contributed by atoms with Crippen molar-refractivity contribution >= 4 is 88.8 Å². The van der Waals surface area contributed by atoms with Crippen LogP contribution in [0.25, 0.3) is 0 Å². The molecule has 26 N–H and O–H groups in total. The van der Waals surface area contributed by atoms with E-state index in [0.29, 0.717) is 32.2 Å². The lowest BCUT2D eigenvalue weighted by molar-refractivity contribution is -0.139. The normalized spacial score (nSPS) is 15.1. The molecule has 0 aliphatic carbocycles. The fourth-order valence-electron chi connectivity index (χ4n) is 9.12. The van der Waals surface area contributed by atoms with Crippen LogP contribution in [0.15, 0.2) is 4.99 Å². The molecule has 524 valence electrons. The minimum Gasteiger partial charge on any atom is -0.481 e. The Labute approximate surface area is 537 Å². The minimum absolute atomic E-state index is 0.0550. The number of guanidine groups is 1. The third kappa shape index (κ3) is 34.2. The molecule has 0 aromatic carbocycles. The molecule has 0 rings (SSSR count). The summed E-state index contributed by atoms with van der Waals surface area (Å²) in [5.74, 6) is -16.0. The van der Waals surface area contributed by atoms with Crippen molar-refractivity contribution in [1.82, 2.24) is 53.2 Å². The van der Waals surface area contributed by atoms with E-state index in [1.54, 1.807) is 41.5 Å². The van der Waals surface area contributed by atoms with Gasteiger partial charge >= 0.3 is 11.9 Å². The maximum absolute atomic E-state index is 14.3. The van der Waals surface area contributed by atoms with Gasteiger partial charge in [0.25, 0.3) is 0 Å². The fourth-order valence-corrected chi connectivity index (χ4v) is 9.12. The molecule has 0 bridgehead atoms. The van der Waals surface area contributed by atoms with Crippen molar-refractivity contribution in [2.24, 2.45) is 68.8 Å². The number of hydrogen-bond acceptors (Lipinski definition) is 18. The number of primary amides is 2. The van der Waals surface area contributed by atoms with Crippen LogP contribution in [0.3, 0.4) is 0 Å². The average Bonchev–Trinajstić information content (AvgIpc) is 0.941. The molecule has 0 unspecified atom stereocenters. The predicted octanol–water partition coefficient (Wildman–Crippen LogP) is -4.62. The molecular weight excluding hydrogens is 1200 g/mol. The highest BCUT2D eigenvalue weighted by molar-refractivity contribution is 6.00. The number of carboxylic acids is 2. The number of aliphatic imine (C=N–C) groups is 1. The number of hydrogen-bond donors (Lipinski definition) is 19. The smallest absolute Gasteiger partial charge is 0.303 e. The zero-order chi connectivity index (χ0) is 70.5. The minimum atomic E-state index is -1.87. The van der Waals surface area contributed by atoms with Gasteiger partial charge in [0.2, 0.25) is 70.9 Å². The number of carboxylic acid groups (broad SMARTS) is 2. The Kier molecular flexibility index (Phi) is 40.3.